The Kier molecular flexibility index (Phi) is 5.03. The lowest BCUT2D eigenvalue weighted by Crippen LogP contribution is -2.38. The van der Waals surface area contributed by atoms with E-state index in [0.29, 0.717) is 0 Å². The predicted molar refractivity (Wildman–Crippen MR) is 100 cm³/mol. The Labute approximate surface area is 157 Å². The van der Waals surface area contributed by atoms with Crippen LogP contribution in [0.15, 0.2) is 64.3 Å². The first-order valence-electron chi connectivity index (χ1n) is 7.96. The van der Waals surface area contributed by atoms with Gasteiger partial charge in [0.25, 0.3) is 17.2 Å². The minimum absolute atomic E-state index is 0.0126. The smallest absolute Gasteiger partial charge is 0.333 e. The average molecular weight is 382 g/mol. The van der Waals surface area contributed by atoms with Gasteiger partial charge in [0.15, 0.2) is 0 Å². The molecule has 0 aliphatic heterocycles. The van der Waals surface area contributed by atoms with Crippen molar-refractivity contribution in [3.63, 3.8) is 0 Å². The Morgan fingerprint density at radius 1 is 1.18 bits per heavy atom. The lowest BCUT2D eigenvalue weighted by atomic mass is 10.2. The van der Waals surface area contributed by atoms with Crippen LogP contribution in [0.5, 0.6) is 5.75 Å². The highest BCUT2D eigenvalue weighted by molar-refractivity contribution is 6.04. The Hall–Kier alpha value is -4.21. The molecule has 0 radical (unpaired) electrons. The second-order valence-corrected chi connectivity index (χ2v) is 5.58. The maximum absolute atomic E-state index is 12.7. The number of anilines is 1. The molecule has 2 N–H and O–H groups in total. The summed E-state index contributed by atoms with van der Waals surface area (Å²) in [5.74, 6) is -0.684. The molecule has 1 heterocycles. The number of aromatic nitrogens is 2. The average Bonchev–Trinajstić information content (AvgIpc) is 2.68. The number of methoxy groups -OCH3 is 1. The molecule has 0 aliphatic carbocycles. The third kappa shape index (κ3) is 3.51. The van der Waals surface area contributed by atoms with Crippen LogP contribution >= 0.6 is 0 Å². The van der Waals surface area contributed by atoms with Crippen LogP contribution in [0.3, 0.4) is 0 Å². The number of rotatable bonds is 5. The topological polar surface area (TPSA) is 136 Å². The molecule has 0 saturated heterocycles. The highest BCUT2D eigenvalue weighted by Crippen LogP contribution is 2.29. The second kappa shape index (κ2) is 7.58. The predicted octanol–water partition coefficient (Wildman–Crippen LogP) is 1.69. The molecule has 3 rings (SSSR count). The lowest BCUT2D eigenvalue weighted by molar-refractivity contribution is -0.384. The van der Waals surface area contributed by atoms with Crippen molar-refractivity contribution in [1.29, 1.82) is 0 Å². The SMILES string of the molecule is COc1ccc([N+](=O)[O-])cc1NC(=O)c1c[nH]c(=O)n(-c2ccccc2)c1=O. The number of aromatic amines is 1. The summed E-state index contributed by atoms with van der Waals surface area (Å²) in [6.45, 7) is 0. The van der Waals surface area contributed by atoms with E-state index >= 15 is 0 Å². The Bertz CT molecular complexity index is 1170. The molecule has 0 bridgehead atoms. The molecular weight excluding hydrogens is 368 g/mol. The maximum Gasteiger partial charge on any atom is 0.333 e. The van der Waals surface area contributed by atoms with Gasteiger partial charge in [-0.2, -0.15) is 0 Å². The molecule has 0 atom stereocenters. The van der Waals surface area contributed by atoms with Crippen molar-refractivity contribution < 1.29 is 14.5 Å². The summed E-state index contributed by atoms with van der Waals surface area (Å²) >= 11 is 0. The minimum Gasteiger partial charge on any atom is -0.495 e. The zero-order valence-corrected chi connectivity index (χ0v) is 14.5. The molecule has 2 aromatic carbocycles. The molecule has 3 aromatic rings. The molecular formula is C18H14N4O6. The number of carbonyl (C=O) groups is 1. The first-order chi connectivity index (χ1) is 13.4. The zero-order chi connectivity index (χ0) is 20.3. The fourth-order valence-corrected chi connectivity index (χ4v) is 2.54. The van der Waals surface area contributed by atoms with Crippen molar-refractivity contribution in [2.45, 2.75) is 0 Å². The van der Waals surface area contributed by atoms with Crippen LogP contribution in [0.25, 0.3) is 5.69 Å². The van der Waals surface area contributed by atoms with Crippen molar-refractivity contribution in [1.82, 2.24) is 9.55 Å². The van der Waals surface area contributed by atoms with Gasteiger partial charge in [0.05, 0.1) is 23.4 Å². The molecule has 0 aliphatic rings. The molecule has 0 spiro atoms. The summed E-state index contributed by atoms with van der Waals surface area (Å²) in [6.07, 6.45) is 0.989. The Morgan fingerprint density at radius 2 is 1.89 bits per heavy atom. The summed E-state index contributed by atoms with van der Waals surface area (Å²) in [5, 5.41) is 13.4. The first-order valence-corrected chi connectivity index (χ1v) is 7.96. The van der Waals surface area contributed by atoms with Gasteiger partial charge in [0.2, 0.25) is 0 Å². The molecule has 1 aromatic heterocycles. The zero-order valence-electron chi connectivity index (χ0n) is 14.5. The summed E-state index contributed by atoms with van der Waals surface area (Å²) in [7, 11) is 1.33. The van der Waals surface area contributed by atoms with Crippen LogP contribution in [-0.4, -0.2) is 27.5 Å². The number of amides is 1. The van der Waals surface area contributed by atoms with E-state index in [0.717, 1.165) is 16.8 Å². The molecule has 1 amide bonds. The number of nitrogens with zero attached hydrogens (tertiary/aromatic N) is 2. The van der Waals surface area contributed by atoms with Gasteiger partial charge >= 0.3 is 5.69 Å². The number of carbonyl (C=O) groups excluding carboxylic acids is 1. The highest BCUT2D eigenvalue weighted by atomic mass is 16.6. The van der Waals surface area contributed by atoms with E-state index in [-0.39, 0.29) is 28.4 Å². The normalized spacial score (nSPS) is 10.3. The maximum atomic E-state index is 12.7. The Balaban J connectivity index is 2.03. The van der Waals surface area contributed by atoms with Gasteiger partial charge < -0.3 is 15.0 Å². The lowest BCUT2D eigenvalue weighted by Gasteiger charge is -2.11. The van der Waals surface area contributed by atoms with Gasteiger partial charge in [-0.05, 0) is 18.2 Å². The number of para-hydroxylation sites is 1. The van der Waals surface area contributed by atoms with Crippen LogP contribution in [0.4, 0.5) is 11.4 Å². The molecule has 0 unspecified atom stereocenters. The Morgan fingerprint density at radius 3 is 2.54 bits per heavy atom. The van der Waals surface area contributed by atoms with Crippen LogP contribution in [-0.2, 0) is 0 Å². The summed E-state index contributed by atoms with van der Waals surface area (Å²) in [4.78, 5) is 50.0. The second-order valence-electron chi connectivity index (χ2n) is 5.58. The van der Waals surface area contributed by atoms with Gasteiger partial charge in [-0.15, -0.1) is 0 Å². The van der Waals surface area contributed by atoms with E-state index in [1.807, 2.05) is 0 Å². The highest BCUT2D eigenvalue weighted by Gasteiger charge is 2.19. The van der Waals surface area contributed by atoms with Crippen LogP contribution < -0.4 is 21.3 Å². The molecule has 0 saturated carbocycles. The van der Waals surface area contributed by atoms with Gasteiger partial charge in [-0.25, -0.2) is 9.36 Å². The van der Waals surface area contributed by atoms with Gasteiger partial charge in [0.1, 0.15) is 11.3 Å². The quantitative estimate of drug-likeness (QED) is 0.509. The molecule has 142 valence electrons. The van der Waals surface area contributed by atoms with Crippen LogP contribution in [0.1, 0.15) is 10.4 Å². The number of nitro benzene ring substituents is 1. The monoisotopic (exact) mass is 382 g/mol. The fourth-order valence-electron chi connectivity index (χ4n) is 2.54. The van der Waals surface area contributed by atoms with E-state index in [1.165, 1.54) is 19.2 Å². The summed E-state index contributed by atoms with van der Waals surface area (Å²) in [6, 6.07) is 11.7. The largest absolute Gasteiger partial charge is 0.495 e. The van der Waals surface area contributed by atoms with Gasteiger partial charge in [-0.1, -0.05) is 18.2 Å². The fraction of sp³-hybridized carbons (Fsp3) is 0.0556. The van der Waals surface area contributed by atoms with Crippen LogP contribution in [0.2, 0.25) is 0 Å². The molecule has 10 heteroatoms. The van der Waals surface area contributed by atoms with Crippen molar-refractivity contribution >= 4 is 17.3 Å². The number of nitrogens with one attached hydrogen (secondary N) is 2. The number of nitro groups is 1. The minimum atomic E-state index is -0.857. The van der Waals surface area contributed by atoms with Crippen molar-refractivity contribution in [3.8, 4) is 11.4 Å². The van der Waals surface area contributed by atoms with Crippen molar-refractivity contribution in [2.24, 2.45) is 0 Å². The third-order valence-corrected chi connectivity index (χ3v) is 3.88. The standard InChI is InChI=1S/C18H14N4O6/c1-28-15-8-7-12(22(26)27)9-14(15)20-16(23)13-10-19-18(25)21(17(13)24)11-5-3-2-4-6-11/h2-10H,1H3,(H,19,25)(H,20,23). The number of hydrogen-bond donors (Lipinski definition) is 2. The van der Waals surface area contributed by atoms with E-state index in [1.54, 1.807) is 30.3 Å². The van der Waals surface area contributed by atoms with Crippen molar-refractivity contribution in [3.05, 3.63) is 91.2 Å². The van der Waals surface area contributed by atoms with Crippen LogP contribution in [0, 0.1) is 10.1 Å². The molecule has 28 heavy (non-hydrogen) atoms. The number of non-ortho nitro benzene ring substituents is 1. The van der Waals surface area contributed by atoms with E-state index in [2.05, 4.69) is 10.3 Å². The molecule has 0 fully saturated rings. The number of hydrogen-bond acceptors (Lipinski definition) is 6. The summed E-state index contributed by atoms with van der Waals surface area (Å²) < 4.78 is 5.90. The number of ether oxygens (including phenoxy) is 1. The first kappa shape index (κ1) is 18.6. The number of benzene rings is 2. The summed E-state index contributed by atoms with van der Waals surface area (Å²) in [5.41, 5.74) is -1.86. The van der Waals surface area contributed by atoms with E-state index in [9.17, 15) is 24.5 Å². The van der Waals surface area contributed by atoms with Crippen molar-refractivity contribution in [2.75, 3.05) is 12.4 Å². The van der Waals surface area contributed by atoms with E-state index < -0.39 is 22.1 Å². The molecule has 10 nitrogen and oxygen atoms in total. The third-order valence-electron chi connectivity index (χ3n) is 3.88. The van der Waals surface area contributed by atoms with Gasteiger partial charge in [0, 0.05) is 18.3 Å². The van der Waals surface area contributed by atoms with Gasteiger partial charge in [-0.3, -0.25) is 19.7 Å². The number of H-pyrrole nitrogens is 1. The van der Waals surface area contributed by atoms with E-state index in [4.69, 9.17) is 4.74 Å².